The van der Waals surface area contributed by atoms with Crippen molar-refractivity contribution in [3.8, 4) is 0 Å². The SMILES string of the molecule is CCCC(SCCCN)C(=O)OCC. The van der Waals surface area contributed by atoms with Gasteiger partial charge in [-0.1, -0.05) is 13.3 Å². The van der Waals surface area contributed by atoms with E-state index < -0.39 is 0 Å². The van der Waals surface area contributed by atoms with Crippen LogP contribution >= 0.6 is 11.8 Å². The van der Waals surface area contributed by atoms with Crippen LogP contribution in [0.25, 0.3) is 0 Å². The molecule has 84 valence electrons. The summed E-state index contributed by atoms with van der Waals surface area (Å²) in [4.78, 5) is 11.5. The second-order valence-corrected chi connectivity index (χ2v) is 4.35. The largest absolute Gasteiger partial charge is 0.465 e. The van der Waals surface area contributed by atoms with Crippen molar-refractivity contribution in [2.75, 3.05) is 18.9 Å². The van der Waals surface area contributed by atoms with E-state index in [1.54, 1.807) is 11.8 Å². The van der Waals surface area contributed by atoms with Crippen LogP contribution in [0.5, 0.6) is 0 Å². The topological polar surface area (TPSA) is 52.3 Å². The number of carbonyl (C=O) groups excluding carboxylic acids is 1. The highest BCUT2D eigenvalue weighted by atomic mass is 32.2. The number of thioether (sulfide) groups is 1. The Morgan fingerprint density at radius 1 is 1.50 bits per heavy atom. The molecule has 0 radical (unpaired) electrons. The van der Waals surface area contributed by atoms with Crippen molar-refractivity contribution in [2.45, 2.75) is 38.4 Å². The zero-order valence-corrected chi connectivity index (χ0v) is 9.94. The van der Waals surface area contributed by atoms with Gasteiger partial charge in [0.2, 0.25) is 0 Å². The molecule has 0 saturated heterocycles. The van der Waals surface area contributed by atoms with E-state index in [0.717, 1.165) is 25.0 Å². The number of nitrogens with two attached hydrogens (primary N) is 1. The van der Waals surface area contributed by atoms with Gasteiger partial charge in [-0.2, -0.15) is 0 Å². The van der Waals surface area contributed by atoms with Gasteiger partial charge in [-0.3, -0.25) is 4.79 Å². The predicted molar refractivity (Wildman–Crippen MR) is 61.5 cm³/mol. The van der Waals surface area contributed by atoms with Gasteiger partial charge in [-0.15, -0.1) is 11.8 Å². The molecule has 0 fully saturated rings. The maximum absolute atomic E-state index is 11.5. The Kier molecular flexibility index (Phi) is 9.19. The van der Waals surface area contributed by atoms with Crippen LogP contribution in [0, 0.1) is 0 Å². The van der Waals surface area contributed by atoms with Gasteiger partial charge >= 0.3 is 5.97 Å². The van der Waals surface area contributed by atoms with Crippen LogP contribution < -0.4 is 5.73 Å². The quantitative estimate of drug-likeness (QED) is 0.499. The molecule has 14 heavy (non-hydrogen) atoms. The summed E-state index contributed by atoms with van der Waals surface area (Å²) in [5, 5.41) is 0.00602. The van der Waals surface area contributed by atoms with Crippen LogP contribution in [0.1, 0.15) is 33.1 Å². The normalized spacial score (nSPS) is 12.5. The molecule has 0 aromatic rings. The maximum Gasteiger partial charge on any atom is 0.319 e. The van der Waals surface area contributed by atoms with Crippen molar-refractivity contribution in [1.82, 2.24) is 0 Å². The number of rotatable bonds is 8. The van der Waals surface area contributed by atoms with E-state index in [1.807, 2.05) is 6.92 Å². The highest BCUT2D eigenvalue weighted by Crippen LogP contribution is 2.18. The van der Waals surface area contributed by atoms with Crippen LogP contribution in [0.4, 0.5) is 0 Å². The highest BCUT2D eigenvalue weighted by Gasteiger charge is 2.18. The fourth-order valence-corrected chi connectivity index (χ4v) is 2.30. The maximum atomic E-state index is 11.5. The summed E-state index contributed by atoms with van der Waals surface area (Å²) in [5.74, 6) is 0.872. The van der Waals surface area contributed by atoms with Gasteiger partial charge in [0.05, 0.1) is 6.61 Å². The lowest BCUT2D eigenvalue weighted by atomic mass is 10.2. The molecule has 0 heterocycles. The predicted octanol–water partition coefficient (Wildman–Crippen LogP) is 1.80. The summed E-state index contributed by atoms with van der Waals surface area (Å²) < 4.78 is 5.00. The Balaban J connectivity index is 3.81. The van der Waals surface area contributed by atoms with Crippen molar-refractivity contribution in [2.24, 2.45) is 5.73 Å². The average molecular weight is 219 g/mol. The van der Waals surface area contributed by atoms with Crippen LogP contribution in [0.15, 0.2) is 0 Å². The van der Waals surface area contributed by atoms with Crippen molar-refractivity contribution in [3.05, 3.63) is 0 Å². The molecule has 0 aliphatic carbocycles. The number of ether oxygens (including phenoxy) is 1. The molecule has 3 nitrogen and oxygen atoms in total. The molecule has 0 aromatic carbocycles. The minimum atomic E-state index is -0.0728. The van der Waals surface area contributed by atoms with Gasteiger partial charge < -0.3 is 10.5 Å². The van der Waals surface area contributed by atoms with Crippen molar-refractivity contribution < 1.29 is 9.53 Å². The van der Waals surface area contributed by atoms with Crippen molar-refractivity contribution in [3.63, 3.8) is 0 Å². The van der Waals surface area contributed by atoms with Crippen molar-refractivity contribution >= 4 is 17.7 Å². The summed E-state index contributed by atoms with van der Waals surface area (Å²) in [5.41, 5.74) is 5.39. The third-order valence-corrected chi connectivity index (χ3v) is 3.12. The van der Waals surface area contributed by atoms with Gasteiger partial charge in [0.1, 0.15) is 5.25 Å². The first-order valence-electron chi connectivity index (χ1n) is 5.24. The Morgan fingerprint density at radius 3 is 2.71 bits per heavy atom. The summed E-state index contributed by atoms with van der Waals surface area (Å²) in [6.07, 6.45) is 2.87. The molecule has 0 spiro atoms. The van der Waals surface area contributed by atoms with E-state index >= 15 is 0 Å². The van der Waals surface area contributed by atoms with Gasteiger partial charge in [0.25, 0.3) is 0 Å². The molecule has 2 N–H and O–H groups in total. The zero-order chi connectivity index (χ0) is 10.8. The van der Waals surface area contributed by atoms with E-state index in [0.29, 0.717) is 13.2 Å². The van der Waals surface area contributed by atoms with Gasteiger partial charge in [0.15, 0.2) is 0 Å². The van der Waals surface area contributed by atoms with E-state index in [1.165, 1.54) is 0 Å². The smallest absolute Gasteiger partial charge is 0.319 e. The Hall–Kier alpha value is -0.220. The third-order valence-electron chi connectivity index (χ3n) is 1.77. The molecule has 0 aliphatic heterocycles. The molecule has 0 aliphatic rings. The highest BCUT2D eigenvalue weighted by molar-refractivity contribution is 8.00. The molecular formula is C10H21NO2S. The van der Waals surface area contributed by atoms with E-state index in [-0.39, 0.29) is 11.2 Å². The van der Waals surface area contributed by atoms with Gasteiger partial charge in [-0.05, 0) is 32.1 Å². The Bertz CT molecular complexity index is 153. The van der Waals surface area contributed by atoms with Crippen LogP contribution in [0.2, 0.25) is 0 Å². The van der Waals surface area contributed by atoms with Gasteiger partial charge in [0, 0.05) is 0 Å². The van der Waals surface area contributed by atoms with Crippen LogP contribution in [0.3, 0.4) is 0 Å². The van der Waals surface area contributed by atoms with Crippen molar-refractivity contribution in [1.29, 1.82) is 0 Å². The number of esters is 1. The average Bonchev–Trinajstić information content (AvgIpc) is 2.17. The van der Waals surface area contributed by atoms with Crippen LogP contribution in [-0.2, 0) is 9.53 Å². The fraction of sp³-hybridized carbons (Fsp3) is 0.900. The first-order valence-corrected chi connectivity index (χ1v) is 6.29. The summed E-state index contributed by atoms with van der Waals surface area (Å²) in [7, 11) is 0. The first kappa shape index (κ1) is 13.8. The number of hydrogen-bond acceptors (Lipinski definition) is 4. The molecule has 1 atom stereocenters. The van der Waals surface area contributed by atoms with Crippen LogP contribution in [-0.4, -0.2) is 30.1 Å². The van der Waals surface area contributed by atoms with E-state index in [2.05, 4.69) is 6.92 Å². The molecule has 0 bridgehead atoms. The minimum Gasteiger partial charge on any atom is -0.465 e. The summed E-state index contributed by atoms with van der Waals surface area (Å²) in [6.45, 7) is 5.08. The first-order chi connectivity index (χ1) is 6.76. The standard InChI is InChI=1S/C10H21NO2S/c1-3-6-9(10(12)13-4-2)14-8-5-7-11/h9H,3-8,11H2,1-2H3. The van der Waals surface area contributed by atoms with E-state index in [9.17, 15) is 4.79 Å². The lowest BCUT2D eigenvalue weighted by Gasteiger charge is -2.13. The second-order valence-electron chi connectivity index (χ2n) is 3.04. The van der Waals surface area contributed by atoms with E-state index in [4.69, 9.17) is 10.5 Å². The molecule has 0 rings (SSSR count). The summed E-state index contributed by atoms with van der Waals surface area (Å²) >= 11 is 1.66. The Morgan fingerprint density at radius 2 is 2.21 bits per heavy atom. The molecular weight excluding hydrogens is 198 g/mol. The lowest BCUT2D eigenvalue weighted by Crippen LogP contribution is -2.21. The lowest BCUT2D eigenvalue weighted by molar-refractivity contribution is -0.142. The van der Waals surface area contributed by atoms with Gasteiger partial charge in [-0.25, -0.2) is 0 Å². The Labute approximate surface area is 90.8 Å². The molecule has 0 aromatic heterocycles. The fourth-order valence-electron chi connectivity index (χ4n) is 1.08. The third kappa shape index (κ3) is 6.27. The minimum absolute atomic E-state index is 0.00602. The second kappa shape index (κ2) is 9.34. The molecule has 0 amide bonds. The monoisotopic (exact) mass is 219 g/mol. The summed E-state index contributed by atoms with van der Waals surface area (Å²) in [6, 6.07) is 0. The molecule has 1 unspecified atom stereocenters. The molecule has 0 saturated carbocycles. The molecule has 4 heteroatoms. The number of hydrogen-bond donors (Lipinski definition) is 1. The zero-order valence-electron chi connectivity index (χ0n) is 9.12. The number of carbonyl (C=O) groups is 1.